The second-order valence-electron chi connectivity index (χ2n) is 4.86. The van der Waals surface area contributed by atoms with Gasteiger partial charge in [0.05, 0.1) is 40.5 Å². The fourth-order valence-corrected chi connectivity index (χ4v) is 2.54. The first kappa shape index (κ1) is 14.6. The summed E-state index contributed by atoms with van der Waals surface area (Å²) in [4.78, 5) is 13.9. The van der Waals surface area contributed by atoms with Crippen LogP contribution in [0, 0.1) is 0 Å². The maximum Gasteiger partial charge on any atom is 0.135 e. The van der Waals surface area contributed by atoms with Crippen LogP contribution in [0.1, 0.15) is 19.0 Å². The summed E-state index contributed by atoms with van der Waals surface area (Å²) in [5, 5.41) is 0. The number of amidine groups is 1. The van der Waals surface area contributed by atoms with Crippen LogP contribution in [-0.4, -0.2) is 32.2 Å². The number of aromatic nitrogens is 1. The Morgan fingerprint density at radius 3 is 3.05 bits per heavy atom. The molecule has 0 saturated carbocycles. The zero-order valence-corrected chi connectivity index (χ0v) is 13.0. The lowest BCUT2D eigenvalue weighted by molar-refractivity contribution is 0.317. The average Bonchev–Trinajstić information content (AvgIpc) is 2.95. The van der Waals surface area contributed by atoms with E-state index in [1.54, 1.807) is 12.3 Å². The largest absolute Gasteiger partial charge is 0.493 e. The molecule has 3 rings (SSSR count). The highest BCUT2D eigenvalue weighted by Gasteiger charge is 2.21. The molecule has 0 saturated heterocycles. The molecule has 0 amide bonds. The highest BCUT2D eigenvalue weighted by atomic mass is 32.1. The fraction of sp³-hybridized carbons (Fsp3) is 0.250. The van der Waals surface area contributed by atoms with Gasteiger partial charge in [0.1, 0.15) is 17.3 Å². The molecule has 2 aliphatic rings. The smallest absolute Gasteiger partial charge is 0.135 e. The minimum Gasteiger partial charge on any atom is -0.493 e. The predicted octanol–water partition coefficient (Wildman–Crippen LogP) is 2.11. The van der Waals surface area contributed by atoms with E-state index in [2.05, 4.69) is 21.9 Å². The van der Waals surface area contributed by atoms with Gasteiger partial charge in [0.15, 0.2) is 0 Å². The number of hydrogen-bond donors (Lipinski definition) is 0. The monoisotopic (exact) mass is 313 g/mol. The third kappa shape index (κ3) is 3.12. The molecule has 1 aliphatic carbocycles. The molecule has 22 heavy (non-hydrogen) atoms. The zero-order chi connectivity index (χ0) is 15.4. The van der Waals surface area contributed by atoms with Crippen LogP contribution in [0.25, 0.3) is 0 Å². The van der Waals surface area contributed by atoms with Gasteiger partial charge in [-0.25, -0.2) is 14.2 Å². The van der Waals surface area contributed by atoms with Crippen molar-refractivity contribution < 1.29 is 8.95 Å². The van der Waals surface area contributed by atoms with Crippen molar-refractivity contribution in [2.45, 2.75) is 19.8 Å². The van der Waals surface area contributed by atoms with E-state index < -0.39 is 0 Å². The lowest BCUT2D eigenvalue weighted by Crippen LogP contribution is -2.13. The lowest BCUT2D eigenvalue weighted by atomic mass is 10.1. The quantitative estimate of drug-likeness (QED) is 0.782. The van der Waals surface area contributed by atoms with E-state index in [9.17, 15) is 4.21 Å². The first-order chi connectivity index (χ1) is 10.8. The van der Waals surface area contributed by atoms with Crippen LogP contribution < -0.4 is 4.74 Å². The molecule has 5 nitrogen and oxygen atoms in total. The Bertz CT molecular complexity index is 771. The molecule has 0 fully saturated rings. The molecule has 0 unspecified atom stereocenters. The molecule has 1 aliphatic heterocycles. The van der Waals surface area contributed by atoms with Gasteiger partial charge in [0.25, 0.3) is 0 Å². The van der Waals surface area contributed by atoms with Gasteiger partial charge in [0, 0.05) is 12.3 Å². The minimum absolute atomic E-state index is 0.441. The molecule has 1 aromatic rings. The normalized spacial score (nSPS) is 15.9. The average molecular weight is 313 g/mol. The summed E-state index contributed by atoms with van der Waals surface area (Å²) in [6.45, 7) is 2.75. The standard InChI is InChI=1S/C16H15N3O2S/c1-2-8-21-12-6-7-17-11(9-12)10-15-18-13-4-3-5-14(22-20)16(13)19-15/h3-7,9H,2,8,10H2,1H3. The summed E-state index contributed by atoms with van der Waals surface area (Å²) in [7, 11) is 0. The van der Waals surface area contributed by atoms with E-state index in [1.165, 1.54) is 0 Å². The predicted molar refractivity (Wildman–Crippen MR) is 89.0 cm³/mol. The van der Waals surface area contributed by atoms with E-state index in [-0.39, 0.29) is 0 Å². The van der Waals surface area contributed by atoms with Gasteiger partial charge in [-0.2, -0.15) is 0 Å². The molecule has 2 heterocycles. The summed E-state index contributed by atoms with van der Waals surface area (Å²) in [5.74, 6) is 1.47. The minimum atomic E-state index is 0.441. The maximum absolute atomic E-state index is 11.1. The Labute approximate surface area is 132 Å². The third-order valence-corrected chi connectivity index (χ3v) is 3.67. The number of ether oxygens (including phenoxy) is 1. The van der Waals surface area contributed by atoms with Gasteiger partial charge < -0.3 is 4.74 Å². The van der Waals surface area contributed by atoms with Crippen molar-refractivity contribution in [2.24, 2.45) is 9.98 Å². The van der Waals surface area contributed by atoms with E-state index >= 15 is 0 Å². The van der Waals surface area contributed by atoms with E-state index in [4.69, 9.17) is 4.74 Å². The summed E-state index contributed by atoms with van der Waals surface area (Å²) < 4.78 is 16.7. The summed E-state index contributed by atoms with van der Waals surface area (Å²) in [6.07, 6.45) is 8.64. The molecule has 1 aromatic heterocycles. The summed E-state index contributed by atoms with van der Waals surface area (Å²) in [5.41, 5.74) is 2.25. The number of fused-ring (bicyclic) bond motifs is 1. The number of pyridine rings is 1. The van der Waals surface area contributed by atoms with Gasteiger partial charge in [-0.3, -0.25) is 4.98 Å². The van der Waals surface area contributed by atoms with E-state index in [0.717, 1.165) is 23.6 Å². The SMILES string of the molecule is CCCOc1ccnc(CC2=NC3=CC=CC(=S=O)C3=N2)c1. The van der Waals surface area contributed by atoms with E-state index in [1.807, 2.05) is 24.3 Å². The van der Waals surface area contributed by atoms with Crippen LogP contribution in [0.3, 0.4) is 0 Å². The van der Waals surface area contributed by atoms with Gasteiger partial charge in [-0.05, 0) is 24.6 Å². The summed E-state index contributed by atoms with van der Waals surface area (Å²) >= 11 is 0.441. The van der Waals surface area contributed by atoms with Crippen LogP contribution in [0.4, 0.5) is 0 Å². The highest BCUT2D eigenvalue weighted by molar-refractivity contribution is 7.69. The van der Waals surface area contributed by atoms with Crippen molar-refractivity contribution >= 4 is 27.7 Å². The Kier molecular flexibility index (Phi) is 4.39. The van der Waals surface area contributed by atoms with Crippen molar-refractivity contribution in [3.8, 4) is 5.75 Å². The van der Waals surface area contributed by atoms with Crippen LogP contribution in [-0.2, 0) is 17.7 Å². The van der Waals surface area contributed by atoms with Crippen molar-refractivity contribution in [1.82, 2.24) is 4.98 Å². The second kappa shape index (κ2) is 6.62. The Balaban J connectivity index is 1.78. The summed E-state index contributed by atoms with van der Waals surface area (Å²) in [6, 6.07) is 3.74. The molecule has 0 radical (unpaired) electrons. The molecule has 0 aromatic carbocycles. The molecule has 0 N–H and O–H groups in total. The molecule has 0 atom stereocenters. The first-order valence-electron chi connectivity index (χ1n) is 7.10. The van der Waals surface area contributed by atoms with Crippen molar-refractivity contribution in [1.29, 1.82) is 0 Å². The topological polar surface area (TPSA) is 63.9 Å². The van der Waals surface area contributed by atoms with Crippen molar-refractivity contribution in [3.05, 3.63) is 47.9 Å². The molecule has 0 bridgehead atoms. The Hall–Kier alpha value is -2.34. The fourth-order valence-electron chi connectivity index (χ4n) is 2.18. The Morgan fingerprint density at radius 1 is 1.32 bits per heavy atom. The first-order valence-corrected chi connectivity index (χ1v) is 7.84. The number of allylic oxidation sites excluding steroid dienone is 4. The van der Waals surface area contributed by atoms with Gasteiger partial charge in [-0.15, -0.1) is 0 Å². The number of aliphatic imine (C=N–C) groups is 2. The van der Waals surface area contributed by atoms with Gasteiger partial charge in [0.2, 0.25) is 0 Å². The van der Waals surface area contributed by atoms with E-state index in [0.29, 0.717) is 40.7 Å². The Morgan fingerprint density at radius 2 is 2.23 bits per heavy atom. The molecule has 112 valence electrons. The number of rotatable bonds is 5. The second-order valence-corrected chi connectivity index (χ2v) is 5.46. The van der Waals surface area contributed by atoms with Crippen LogP contribution >= 0.6 is 0 Å². The van der Waals surface area contributed by atoms with Gasteiger partial charge >= 0.3 is 0 Å². The highest BCUT2D eigenvalue weighted by Crippen LogP contribution is 2.19. The third-order valence-electron chi connectivity index (χ3n) is 3.16. The molecular weight excluding hydrogens is 298 g/mol. The van der Waals surface area contributed by atoms with Crippen molar-refractivity contribution in [3.63, 3.8) is 0 Å². The zero-order valence-electron chi connectivity index (χ0n) is 12.2. The molecular formula is C16H15N3O2S. The van der Waals surface area contributed by atoms with Crippen LogP contribution in [0.5, 0.6) is 5.75 Å². The maximum atomic E-state index is 11.1. The van der Waals surface area contributed by atoms with Gasteiger partial charge in [-0.1, -0.05) is 13.0 Å². The molecule has 0 spiro atoms. The lowest BCUT2D eigenvalue weighted by Gasteiger charge is -2.05. The number of nitrogens with zero attached hydrogens (tertiary/aromatic N) is 3. The van der Waals surface area contributed by atoms with Crippen molar-refractivity contribution in [2.75, 3.05) is 6.61 Å². The van der Waals surface area contributed by atoms with Crippen LogP contribution in [0.2, 0.25) is 0 Å². The number of hydrogen-bond acceptors (Lipinski definition) is 5. The molecule has 6 heteroatoms. The van der Waals surface area contributed by atoms with Crippen LogP contribution in [0.15, 0.2) is 52.2 Å².